The lowest BCUT2D eigenvalue weighted by molar-refractivity contribution is -0.144. The van der Waals surface area contributed by atoms with Gasteiger partial charge in [-0.1, -0.05) is 23.8 Å². The van der Waals surface area contributed by atoms with Crippen LogP contribution in [-0.2, 0) is 25.7 Å². The van der Waals surface area contributed by atoms with Crippen LogP contribution in [0, 0.1) is 6.92 Å². The minimum absolute atomic E-state index is 0.0207. The van der Waals surface area contributed by atoms with Gasteiger partial charge in [0.05, 0.1) is 16.9 Å². The molecule has 10 heteroatoms. The van der Waals surface area contributed by atoms with Gasteiger partial charge in [0.1, 0.15) is 19.0 Å². The van der Waals surface area contributed by atoms with Crippen LogP contribution in [0.5, 0.6) is 5.75 Å². The molecule has 0 aliphatic rings. The molecule has 0 amide bonds. The van der Waals surface area contributed by atoms with Crippen LogP contribution in [-0.4, -0.2) is 34.1 Å². The van der Waals surface area contributed by atoms with E-state index in [1.807, 2.05) is 19.1 Å². The molecule has 0 radical (unpaired) electrons. The van der Waals surface area contributed by atoms with Gasteiger partial charge in [0.15, 0.2) is 0 Å². The Hall–Kier alpha value is -2.59. The van der Waals surface area contributed by atoms with E-state index >= 15 is 0 Å². The number of nitrogens with one attached hydrogen (secondary N) is 1. The molecule has 0 aliphatic heterocycles. The second kappa shape index (κ2) is 9.75. The van der Waals surface area contributed by atoms with Crippen molar-refractivity contribution in [1.82, 2.24) is 4.72 Å². The van der Waals surface area contributed by atoms with Crippen molar-refractivity contribution in [2.45, 2.75) is 24.4 Å². The van der Waals surface area contributed by atoms with E-state index < -0.39 is 32.6 Å². The zero-order valence-corrected chi connectivity index (χ0v) is 16.3. The Morgan fingerprint density at radius 2 is 1.76 bits per heavy atom. The van der Waals surface area contributed by atoms with E-state index in [-0.39, 0.29) is 26.2 Å². The topological polar surface area (TPSA) is 81.7 Å². The summed E-state index contributed by atoms with van der Waals surface area (Å²) in [6, 6.07) is 10.6. The molecule has 6 nitrogen and oxygen atoms in total. The van der Waals surface area contributed by atoms with Crippen LogP contribution >= 0.6 is 0 Å². The predicted octanol–water partition coefficient (Wildman–Crippen LogP) is 3.30. The lowest BCUT2D eigenvalue weighted by Crippen LogP contribution is -2.27. The van der Waals surface area contributed by atoms with Gasteiger partial charge in [0.25, 0.3) is 0 Å². The predicted molar refractivity (Wildman–Crippen MR) is 98.9 cm³/mol. The highest BCUT2D eigenvalue weighted by Crippen LogP contribution is 2.30. The Labute approximate surface area is 166 Å². The highest BCUT2D eigenvalue weighted by Gasteiger charge is 2.31. The summed E-state index contributed by atoms with van der Waals surface area (Å²) >= 11 is 0. The Kier molecular flexibility index (Phi) is 7.63. The molecule has 2 rings (SSSR count). The zero-order valence-electron chi connectivity index (χ0n) is 15.5. The number of benzene rings is 2. The largest absolute Gasteiger partial charge is 0.490 e. The lowest BCUT2D eigenvalue weighted by atomic mass is 10.2. The average Bonchev–Trinajstić information content (AvgIpc) is 2.66. The number of aryl methyl sites for hydroxylation is 1. The number of hydrogen-bond acceptors (Lipinski definition) is 5. The maximum Gasteiger partial charge on any atom is 0.416 e. The zero-order chi connectivity index (χ0) is 21.5. The number of sulfonamides is 1. The van der Waals surface area contributed by atoms with Gasteiger partial charge in [-0.3, -0.25) is 4.79 Å². The molecule has 0 atom stereocenters. The van der Waals surface area contributed by atoms with Crippen LogP contribution in [0.1, 0.15) is 17.5 Å². The van der Waals surface area contributed by atoms with Crippen LogP contribution < -0.4 is 9.46 Å². The number of alkyl halides is 3. The third-order valence-corrected chi connectivity index (χ3v) is 5.19. The van der Waals surface area contributed by atoms with E-state index in [1.54, 1.807) is 12.1 Å². The van der Waals surface area contributed by atoms with Gasteiger partial charge < -0.3 is 9.47 Å². The highest BCUT2D eigenvalue weighted by atomic mass is 32.2. The number of carbonyl (C=O) groups excluding carboxylic acids is 1. The van der Waals surface area contributed by atoms with E-state index in [4.69, 9.17) is 9.47 Å². The number of carbonyl (C=O) groups is 1. The van der Waals surface area contributed by atoms with Crippen molar-refractivity contribution in [3.63, 3.8) is 0 Å². The average molecular weight is 431 g/mol. The van der Waals surface area contributed by atoms with Crippen LogP contribution in [0.2, 0.25) is 0 Å². The third kappa shape index (κ3) is 7.39. The van der Waals surface area contributed by atoms with Crippen molar-refractivity contribution >= 4 is 16.0 Å². The summed E-state index contributed by atoms with van der Waals surface area (Å²) < 4.78 is 74.7. The van der Waals surface area contributed by atoms with Crippen LogP contribution in [0.15, 0.2) is 53.4 Å². The molecule has 0 heterocycles. The SMILES string of the molecule is Cc1ccc(OCCOC(=O)CCNS(=O)(=O)c2cccc(C(F)(F)F)c2)cc1. The van der Waals surface area contributed by atoms with E-state index in [1.165, 1.54) is 0 Å². The number of hydrogen-bond donors (Lipinski definition) is 1. The van der Waals surface area contributed by atoms with E-state index in [9.17, 15) is 26.4 Å². The number of ether oxygens (including phenoxy) is 2. The second-order valence-corrected chi connectivity index (χ2v) is 7.82. The Morgan fingerprint density at radius 1 is 1.07 bits per heavy atom. The lowest BCUT2D eigenvalue weighted by Gasteiger charge is -2.10. The molecule has 1 N–H and O–H groups in total. The molecule has 0 aliphatic carbocycles. The molecular formula is C19H20F3NO5S. The number of rotatable bonds is 9. The van der Waals surface area contributed by atoms with Gasteiger partial charge in [-0.05, 0) is 37.3 Å². The maximum absolute atomic E-state index is 12.7. The number of halogens is 3. The molecule has 158 valence electrons. The van der Waals surface area contributed by atoms with E-state index in [2.05, 4.69) is 4.72 Å². The molecule has 0 aromatic heterocycles. The van der Waals surface area contributed by atoms with Crippen molar-refractivity contribution in [1.29, 1.82) is 0 Å². The minimum Gasteiger partial charge on any atom is -0.490 e. The first kappa shape index (κ1) is 22.7. The van der Waals surface area contributed by atoms with Gasteiger partial charge in [-0.2, -0.15) is 13.2 Å². The Bertz CT molecular complexity index is 928. The second-order valence-electron chi connectivity index (χ2n) is 6.06. The van der Waals surface area contributed by atoms with Gasteiger partial charge in [-0.15, -0.1) is 0 Å². The highest BCUT2D eigenvalue weighted by molar-refractivity contribution is 7.89. The fourth-order valence-corrected chi connectivity index (χ4v) is 3.31. The standard InChI is InChI=1S/C19H20F3NO5S/c1-14-5-7-16(8-6-14)27-11-12-28-18(24)9-10-23-29(25,26)17-4-2-3-15(13-17)19(20,21)22/h2-8,13,23H,9-12H2,1H3. The quantitative estimate of drug-likeness (QED) is 0.487. The molecule has 2 aromatic carbocycles. The summed E-state index contributed by atoms with van der Waals surface area (Å²) in [6.07, 6.45) is -4.93. The minimum atomic E-state index is -4.66. The van der Waals surface area contributed by atoms with E-state index in [0.29, 0.717) is 11.8 Å². The normalized spacial score (nSPS) is 11.9. The Balaban J connectivity index is 1.74. The Morgan fingerprint density at radius 3 is 2.41 bits per heavy atom. The summed E-state index contributed by atoms with van der Waals surface area (Å²) in [5.74, 6) is -0.0373. The summed E-state index contributed by atoms with van der Waals surface area (Å²) in [5, 5.41) is 0. The van der Waals surface area contributed by atoms with Crippen molar-refractivity contribution in [2.75, 3.05) is 19.8 Å². The van der Waals surface area contributed by atoms with Gasteiger partial charge in [0.2, 0.25) is 10.0 Å². The fourth-order valence-electron chi connectivity index (χ4n) is 2.23. The number of esters is 1. The van der Waals surface area contributed by atoms with Crippen molar-refractivity contribution < 1.29 is 35.9 Å². The molecule has 0 saturated heterocycles. The smallest absolute Gasteiger partial charge is 0.416 e. The molecule has 0 bridgehead atoms. The first-order valence-corrected chi connectivity index (χ1v) is 10.1. The summed E-state index contributed by atoms with van der Waals surface area (Å²) in [7, 11) is -4.19. The van der Waals surface area contributed by atoms with Crippen LogP contribution in [0.25, 0.3) is 0 Å². The summed E-state index contributed by atoms with van der Waals surface area (Å²) in [4.78, 5) is 11.1. The maximum atomic E-state index is 12.7. The first-order valence-electron chi connectivity index (χ1n) is 8.60. The molecule has 0 unspecified atom stereocenters. The van der Waals surface area contributed by atoms with E-state index in [0.717, 1.165) is 23.8 Å². The molecule has 0 spiro atoms. The monoisotopic (exact) mass is 431 g/mol. The van der Waals surface area contributed by atoms with Crippen molar-refractivity contribution in [3.8, 4) is 5.75 Å². The van der Waals surface area contributed by atoms with Crippen LogP contribution in [0.3, 0.4) is 0 Å². The summed E-state index contributed by atoms with van der Waals surface area (Å²) in [5.41, 5.74) is 0.00437. The molecule has 0 saturated carbocycles. The van der Waals surface area contributed by atoms with Gasteiger partial charge >= 0.3 is 12.1 Å². The molecule has 0 fully saturated rings. The van der Waals surface area contributed by atoms with Crippen molar-refractivity contribution in [2.24, 2.45) is 0 Å². The molecular weight excluding hydrogens is 411 g/mol. The third-order valence-electron chi connectivity index (χ3n) is 3.73. The summed E-state index contributed by atoms with van der Waals surface area (Å²) in [6.45, 7) is 1.74. The van der Waals surface area contributed by atoms with Gasteiger partial charge in [0, 0.05) is 6.54 Å². The van der Waals surface area contributed by atoms with Crippen LogP contribution in [0.4, 0.5) is 13.2 Å². The molecule has 2 aromatic rings. The van der Waals surface area contributed by atoms with Crippen molar-refractivity contribution in [3.05, 3.63) is 59.7 Å². The van der Waals surface area contributed by atoms with Gasteiger partial charge in [-0.25, -0.2) is 13.1 Å². The first-order chi connectivity index (χ1) is 13.6. The molecule has 29 heavy (non-hydrogen) atoms. The fraction of sp³-hybridized carbons (Fsp3) is 0.316.